The highest BCUT2D eigenvalue weighted by molar-refractivity contribution is 4.86. The van der Waals surface area contributed by atoms with Gasteiger partial charge in [0.05, 0.1) is 6.10 Å². The molecular weight excluding hydrogens is 164 g/mol. The largest absolute Gasteiger partial charge is 0.388 e. The van der Waals surface area contributed by atoms with E-state index in [1.165, 1.54) is 7.11 Å². The fourth-order valence-electron chi connectivity index (χ4n) is 1.21. The minimum absolute atomic E-state index is 0.534. The first-order valence-corrected chi connectivity index (χ1v) is 3.80. The van der Waals surface area contributed by atoms with Gasteiger partial charge in [-0.3, -0.25) is 0 Å². The molecule has 1 saturated heterocycles. The first-order chi connectivity index (χ1) is 5.57. The van der Waals surface area contributed by atoms with Crippen molar-refractivity contribution < 1.29 is 24.8 Å². The Kier molecular flexibility index (Phi) is 3.03. The van der Waals surface area contributed by atoms with Gasteiger partial charge >= 0.3 is 0 Å². The van der Waals surface area contributed by atoms with Gasteiger partial charge in [-0.1, -0.05) is 0 Å². The van der Waals surface area contributed by atoms with E-state index in [1.54, 1.807) is 6.92 Å². The maximum Gasteiger partial charge on any atom is 0.186 e. The third-order valence-corrected chi connectivity index (χ3v) is 2.04. The summed E-state index contributed by atoms with van der Waals surface area (Å²) in [6, 6.07) is 0. The Labute approximate surface area is 70.5 Å². The number of rotatable bonds is 1. The van der Waals surface area contributed by atoms with Crippen LogP contribution in [0, 0.1) is 0 Å². The molecule has 1 aliphatic rings. The van der Waals surface area contributed by atoms with Crippen LogP contribution in [0.15, 0.2) is 0 Å². The van der Waals surface area contributed by atoms with E-state index in [4.69, 9.17) is 9.47 Å². The molecule has 0 saturated carbocycles. The Morgan fingerprint density at radius 3 is 2.17 bits per heavy atom. The lowest BCUT2D eigenvalue weighted by Gasteiger charge is -2.38. The predicted molar refractivity (Wildman–Crippen MR) is 39.4 cm³/mol. The predicted octanol–water partition coefficient (Wildman–Crippen LogP) is -1.54. The van der Waals surface area contributed by atoms with Crippen LogP contribution in [0.3, 0.4) is 0 Å². The first-order valence-electron chi connectivity index (χ1n) is 3.80. The first kappa shape index (κ1) is 9.88. The monoisotopic (exact) mass is 178 g/mol. The summed E-state index contributed by atoms with van der Waals surface area (Å²) < 4.78 is 9.80. The molecule has 0 radical (unpaired) electrons. The molecule has 3 unspecified atom stereocenters. The summed E-state index contributed by atoms with van der Waals surface area (Å²) >= 11 is 0. The molecule has 0 spiro atoms. The smallest absolute Gasteiger partial charge is 0.186 e. The van der Waals surface area contributed by atoms with Crippen molar-refractivity contribution in [2.75, 3.05) is 7.11 Å². The zero-order valence-corrected chi connectivity index (χ0v) is 7.04. The van der Waals surface area contributed by atoms with Gasteiger partial charge in [0.15, 0.2) is 6.29 Å². The zero-order valence-electron chi connectivity index (χ0n) is 7.04. The molecule has 1 heterocycles. The summed E-state index contributed by atoms with van der Waals surface area (Å²) in [5, 5.41) is 27.8. The van der Waals surface area contributed by atoms with Crippen molar-refractivity contribution in [1.29, 1.82) is 0 Å². The summed E-state index contributed by atoms with van der Waals surface area (Å²) in [6.07, 6.45) is -4.86. The Morgan fingerprint density at radius 1 is 1.08 bits per heavy atom. The van der Waals surface area contributed by atoms with Gasteiger partial charge in [-0.05, 0) is 6.92 Å². The van der Waals surface area contributed by atoms with Gasteiger partial charge in [-0.25, -0.2) is 0 Å². The van der Waals surface area contributed by atoms with Gasteiger partial charge in [0.2, 0.25) is 0 Å². The van der Waals surface area contributed by atoms with Gasteiger partial charge in [-0.15, -0.1) is 0 Å². The van der Waals surface area contributed by atoms with E-state index in [2.05, 4.69) is 0 Å². The summed E-state index contributed by atoms with van der Waals surface area (Å²) in [4.78, 5) is 0. The Morgan fingerprint density at radius 2 is 1.67 bits per heavy atom. The standard InChI is InChI=1S/C7H14O5/c1-3-4(8)5(9)6(10)7(11-2)12-3/h3-10H,1-2H3/t3?,4-,5?,6?,7+/m1/s1. The van der Waals surface area contributed by atoms with E-state index in [0.29, 0.717) is 0 Å². The Hall–Kier alpha value is -0.200. The molecule has 1 fully saturated rings. The molecule has 72 valence electrons. The molecule has 0 amide bonds. The molecule has 0 aromatic rings. The molecule has 5 heteroatoms. The van der Waals surface area contributed by atoms with Gasteiger partial charge < -0.3 is 24.8 Å². The van der Waals surface area contributed by atoms with E-state index in [-0.39, 0.29) is 0 Å². The van der Waals surface area contributed by atoms with Crippen molar-refractivity contribution in [1.82, 2.24) is 0 Å². The highest BCUT2D eigenvalue weighted by Crippen LogP contribution is 2.20. The van der Waals surface area contributed by atoms with Crippen molar-refractivity contribution in [3.63, 3.8) is 0 Å². The van der Waals surface area contributed by atoms with Crippen LogP contribution in [-0.4, -0.2) is 53.1 Å². The molecule has 5 nitrogen and oxygen atoms in total. The maximum atomic E-state index is 9.27. The Balaban J connectivity index is 2.63. The van der Waals surface area contributed by atoms with Crippen LogP contribution in [0.25, 0.3) is 0 Å². The van der Waals surface area contributed by atoms with Crippen LogP contribution in [0.4, 0.5) is 0 Å². The molecule has 12 heavy (non-hydrogen) atoms. The van der Waals surface area contributed by atoms with Crippen LogP contribution in [-0.2, 0) is 9.47 Å². The molecule has 5 atom stereocenters. The fraction of sp³-hybridized carbons (Fsp3) is 1.00. The normalized spacial score (nSPS) is 49.2. The van der Waals surface area contributed by atoms with E-state index < -0.39 is 30.7 Å². The Bertz CT molecular complexity index is 146. The van der Waals surface area contributed by atoms with E-state index in [9.17, 15) is 15.3 Å². The van der Waals surface area contributed by atoms with Crippen molar-refractivity contribution >= 4 is 0 Å². The lowest BCUT2D eigenvalue weighted by atomic mass is 10.0. The second-order valence-corrected chi connectivity index (χ2v) is 2.92. The van der Waals surface area contributed by atoms with E-state index in [1.807, 2.05) is 0 Å². The summed E-state index contributed by atoms with van der Waals surface area (Å²) in [7, 11) is 1.37. The fourth-order valence-corrected chi connectivity index (χ4v) is 1.21. The summed E-state index contributed by atoms with van der Waals surface area (Å²) in [5.74, 6) is 0. The quantitative estimate of drug-likeness (QED) is 0.453. The van der Waals surface area contributed by atoms with Crippen LogP contribution in [0.5, 0.6) is 0 Å². The minimum Gasteiger partial charge on any atom is -0.388 e. The minimum atomic E-state index is -1.21. The third kappa shape index (κ3) is 1.60. The molecule has 1 rings (SSSR count). The highest BCUT2D eigenvalue weighted by Gasteiger charge is 2.41. The summed E-state index contributed by atoms with van der Waals surface area (Å²) in [5.41, 5.74) is 0. The number of ether oxygens (including phenoxy) is 2. The van der Waals surface area contributed by atoms with Crippen LogP contribution in [0.2, 0.25) is 0 Å². The van der Waals surface area contributed by atoms with Gasteiger partial charge in [0.25, 0.3) is 0 Å². The van der Waals surface area contributed by atoms with Crippen molar-refractivity contribution in [3.05, 3.63) is 0 Å². The lowest BCUT2D eigenvalue weighted by Crippen LogP contribution is -2.57. The van der Waals surface area contributed by atoms with E-state index in [0.717, 1.165) is 0 Å². The molecule has 0 aliphatic carbocycles. The number of hydrogen-bond acceptors (Lipinski definition) is 5. The highest BCUT2D eigenvalue weighted by atomic mass is 16.7. The number of methoxy groups -OCH3 is 1. The topological polar surface area (TPSA) is 79.2 Å². The number of aliphatic hydroxyl groups is 3. The van der Waals surface area contributed by atoms with E-state index >= 15 is 0 Å². The number of aliphatic hydroxyl groups excluding tert-OH is 3. The van der Waals surface area contributed by atoms with Crippen molar-refractivity contribution in [2.24, 2.45) is 0 Å². The molecule has 1 aliphatic heterocycles. The molecule has 0 bridgehead atoms. The molecule has 0 aromatic heterocycles. The summed E-state index contributed by atoms with van der Waals surface area (Å²) in [6.45, 7) is 1.60. The van der Waals surface area contributed by atoms with Crippen LogP contribution in [0.1, 0.15) is 6.92 Å². The number of hydrogen-bond donors (Lipinski definition) is 3. The second kappa shape index (κ2) is 3.68. The average molecular weight is 178 g/mol. The van der Waals surface area contributed by atoms with Crippen LogP contribution < -0.4 is 0 Å². The lowest BCUT2D eigenvalue weighted by molar-refractivity contribution is -0.286. The zero-order chi connectivity index (χ0) is 9.30. The van der Waals surface area contributed by atoms with Crippen LogP contribution >= 0.6 is 0 Å². The van der Waals surface area contributed by atoms with Crippen molar-refractivity contribution in [3.8, 4) is 0 Å². The molecular formula is C7H14O5. The SMILES string of the molecule is CO[C@H]1OC(C)[C@@H](O)C(O)C1O. The third-order valence-electron chi connectivity index (χ3n) is 2.04. The van der Waals surface area contributed by atoms with Crippen molar-refractivity contribution in [2.45, 2.75) is 37.6 Å². The average Bonchev–Trinajstić information content (AvgIpc) is 2.08. The second-order valence-electron chi connectivity index (χ2n) is 2.92. The molecule has 3 N–H and O–H groups in total. The van der Waals surface area contributed by atoms with Gasteiger partial charge in [0.1, 0.15) is 18.3 Å². The maximum absolute atomic E-state index is 9.27. The van der Waals surface area contributed by atoms with Gasteiger partial charge in [-0.2, -0.15) is 0 Å². The van der Waals surface area contributed by atoms with Gasteiger partial charge in [0, 0.05) is 7.11 Å². The molecule has 0 aromatic carbocycles.